The molecule has 1 aromatic rings. The molecule has 134 valence electrons. The number of rotatable bonds is 4. The van der Waals surface area contributed by atoms with Gasteiger partial charge in [0.05, 0.1) is 20.3 Å². The number of ether oxygens (including phenoxy) is 2. The Morgan fingerprint density at radius 3 is 2.17 bits per heavy atom. The van der Waals surface area contributed by atoms with Crippen molar-refractivity contribution in [1.82, 2.24) is 0 Å². The fourth-order valence-electron chi connectivity index (χ4n) is 3.04. The van der Waals surface area contributed by atoms with Gasteiger partial charge in [0.2, 0.25) is 0 Å². The monoisotopic (exact) mass is 348 g/mol. The molecule has 4 heteroatoms. The second-order valence-corrected chi connectivity index (χ2v) is 13.0. The van der Waals surface area contributed by atoms with E-state index in [4.69, 9.17) is 13.9 Å². The molecule has 0 amide bonds. The summed E-state index contributed by atoms with van der Waals surface area (Å²) < 4.78 is 18.3. The zero-order chi connectivity index (χ0) is 18.3. The van der Waals surface area contributed by atoms with Crippen LogP contribution in [0.2, 0.25) is 18.1 Å². The van der Waals surface area contributed by atoms with Crippen molar-refractivity contribution in [3.8, 4) is 5.75 Å². The minimum absolute atomic E-state index is 0.00376. The van der Waals surface area contributed by atoms with Crippen LogP contribution in [0.3, 0.4) is 0 Å². The molecule has 0 radical (unpaired) electrons. The van der Waals surface area contributed by atoms with Crippen molar-refractivity contribution in [2.45, 2.75) is 58.9 Å². The minimum Gasteiger partial charge on any atom is -0.496 e. The minimum atomic E-state index is -1.92. The zero-order valence-electron chi connectivity index (χ0n) is 16.6. The molecule has 0 unspecified atom stereocenters. The molecule has 0 bridgehead atoms. The molecule has 3 nitrogen and oxygen atoms in total. The maximum absolute atomic E-state index is 6.86. The van der Waals surface area contributed by atoms with Gasteiger partial charge < -0.3 is 13.9 Å². The fourth-order valence-corrected chi connectivity index (χ4v) is 4.35. The lowest BCUT2D eigenvalue weighted by Crippen LogP contribution is -2.43. The largest absolute Gasteiger partial charge is 0.496 e. The summed E-state index contributed by atoms with van der Waals surface area (Å²) in [4.78, 5) is 0. The molecule has 1 aliphatic carbocycles. The molecule has 0 aromatic heterocycles. The third-order valence-corrected chi connectivity index (χ3v) is 10.2. The van der Waals surface area contributed by atoms with Crippen molar-refractivity contribution in [2.75, 3.05) is 14.2 Å². The van der Waals surface area contributed by atoms with E-state index in [1.54, 1.807) is 14.2 Å². The van der Waals surface area contributed by atoms with Gasteiger partial charge in [0.25, 0.3) is 0 Å². The van der Waals surface area contributed by atoms with E-state index in [1.165, 1.54) is 5.57 Å². The first-order valence-electron chi connectivity index (χ1n) is 8.65. The van der Waals surface area contributed by atoms with Gasteiger partial charge in [0.1, 0.15) is 11.5 Å². The highest BCUT2D eigenvalue weighted by Gasteiger charge is 2.43. The molecular formula is C20H32O3Si. The standard InChI is InChI=1S/C20H32O3Si/c1-13-14(2)19(23-24(8,9)20(3,4)5)17-15(18(13)22-7)11-10-12-16(17)21-6/h10-12,14,19H,1-9H3/t14-,19+/m1/s1. The highest BCUT2D eigenvalue weighted by Crippen LogP contribution is 2.50. The summed E-state index contributed by atoms with van der Waals surface area (Å²) in [6, 6.07) is 6.14. The van der Waals surface area contributed by atoms with Gasteiger partial charge in [0.15, 0.2) is 8.32 Å². The van der Waals surface area contributed by atoms with Crippen LogP contribution in [0.25, 0.3) is 5.76 Å². The molecule has 0 aliphatic heterocycles. The molecule has 0 spiro atoms. The van der Waals surface area contributed by atoms with E-state index in [9.17, 15) is 0 Å². The van der Waals surface area contributed by atoms with E-state index < -0.39 is 8.32 Å². The lowest BCUT2D eigenvalue weighted by atomic mass is 9.81. The van der Waals surface area contributed by atoms with Crippen LogP contribution in [0.4, 0.5) is 0 Å². The SMILES string of the molecule is COC1=C(C)[C@@H](C)[C@H](O[Si](C)(C)C(C)(C)C)c2c(OC)cccc21. The second kappa shape index (κ2) is 6.56. The average Bonchev–Trinajstić information content (AvgIpc) is 2.50. The van der Waals surface area contributed by atoms with E-state index in [2.05, 4.69) is 53.8 Å². The molecule has 0 saturated heterocycles. The molecule has 24 heavy (non-hydrogen) atoms. The van der Waals surface area contributed by atoms with E-state index in [1.807, 2.05) is 12.1 Å². The fraction of sp³-hybridized carbons (Fsp3) is 0.600. The maximum atomic E-state index is 6.86. The highest BCUT2D eigenvalue weighted by molar-refractivity contribution is 6.74. The Hall–Kier alpha value is -1.26. The number of methoxy groups -OCH3 is 2. The highest BCUT2D eigenvalue weighted by atomic mass is 28.4. The molecule has 1 aliphatic rings. The van der Waals surface area contributed by atoms with Crippen LogP contribution in [-0.4, -0.2) is 22.5 Å². The Labute approximate surface area is 148 Å². The zero-order valence-corrected chi connectivity index (χ0v) is 17.6. The van der Waals surface area contributed by atoms with Gasteiger partial charge in [-0.25, -0.2) is 0 Å². The molecule has 0 fully saturated rings. The van der Waals surface area contributed by atoms with Crippen molar-refractivity contribution in [2.24, 2.45) is 5.92 Å². The summed E-state index contributed by atoms with van der Waals surface area (Å²) in [5, 5.41) is 0.161. The molecule has 2 atom stereocenters. The van der Waals surface area contributed by atoms with Crippen LogP contribution < -0.4 is 4.74 Å². The van der Waals surface area contributed by atoms with Gasteiger partial charge in [-0.2, -0.15) is 0 Å². The summed E-state index contributed by atoms with van der Waals surface area (Å²) in [5.41, 5.74) is 3.46. The van der Waals surface area contributed by atoms with E-state index in [0.29, 0.717) is 0 Å². The number of hydrogen-bond donors (Lipinski definition) is 0. The first-order valence-corrected chi connectivity index (χ1v) is 11.6. The molecular weight excluding hydrogens is 316 g/mol. The number of benzene rings is 1. The van der Waals surface area contributed by atoms with Gasteiger partial charge >= 0.3 is 0 Å². The summed E-state index contributed by atoms with van der Waals surface area (Å²) >= 11 is 0. The summed E-state index contributed by atoms with van der Waals surface area (Å²) in [6.07, 6.45) is -0.00376. The Morgan fingerprint density at radius 2 is 1.67 bits per heavy atom. The van der Waals surface area contributed by atoms with Crippen LogP contribution in [0.5, 0.6) is 5.75 Å². The summed E-state index contributed by atoms with van der Waals surface area (Å²) in [5.74, 6) is 2.08. The first kappa shape index (κ1) is 19.1. The van der Waals surface area contributed by atoms with Crippen LogP contribution >= 0.6 is 0 Å². The van der Waals surface area contributed by atoms with Crippen molar-refractivity contribution in [3.05, 3.63) is 34.9 Å². The Bertz CT molecular complexity index is 641. The topological polar surface area (TPSA) is 27.7 Å². The Kier molecular flexibility index (Phi) is 5.21. The molecule has 2 rings (SSSR count). The lowest BCUT2D eigenvalue weighted by Gasteiger charge is -2.43. The number of fused-ring (bicyclic) bond motifs is 1. The first-order chi connectivity index (χ1) is 11.0. The van der Waals surface area contributed by atoms with Crippen molar-refractivity contribution in [1.29, 1.82) is 0 Å². The quantitative estimate of drug-likeness (QED) is 0.645. The van der Waals surface area contributed by atoms with E-state index in [0.717, 1.165) is 22.6 Å². The van der Waals surface area contributed by atoms with Gasteiger partial charge in [-0.05, 0) is 36.7 Å². The van der Waals surface area contributed by atoms with Crippen molar-refractivity contribution in [3.63, 3.8) is 0 Å². The van der Waals surface area contributed by atoms with Gasteiger partial charge in [-0.3, -0.25) is 0 Å². The van der Waals surface area contributed by atoms with Crippen molar-refractivity contribution >= 4 is 14.1 Å². The second-order valence-electron chi connectivity index (χ2n) is 8.23. The smallest absolute Gasteiger partial charge is 0.192 e. The molecule has 0 heterocycles. The summed E-state index contributed by atoms with van der Waals surface area (Å²) in [6.45, 7) is 15.8. The Morgan fingerprint density at radius 1 is 1.04 bits per heavy atom. The van der Waals surface area contributed by atoms with Crippen LogP contribution in [0.1, 0.15) is 51.8 Å². The van der Waals surface area contributed by atoms with Gasteiger partial charge in [0, 0.05) is 17.0 Å². The Balaban J connectivity index is 2.61. The summed E-state index contributed by atoms with van der Waals surface area (Å²) in [7, 11) is 1.54. The predicted molar refractivity (Wildman–Crippen MR) is 103 cm³/mol. The predicted octanol–water partition coefficient (Wildman–Crippen LogP) is 5.79. The van der Waals surface area contributed by atoms with E-state index in [-0.39, 0.29) is 17.1 Å². The maximum Gasteiger partial charge on any atom is 0.192 e. The average molecular weight is 349 g/mol. The third kappa shape index (κ3) is 3.14. The van der Waals surface area contributed by atoms with E-state index >= 15 is 0 Å². The molecule has 0 N–H and O–H groups in total. The van der Waals surface area contributed by atoms with Gasteiger partial charge in [-0.1, -0.05) is 39.8 Å². The van der Waals surface area contributed by atoms with Crippen LogP contribution in [0.15, 0.2) is 23.8 Å². The molecule has 1 aromatic carbocycles. The van der Waals surface area contributed by atoms with Crippen LogP contribution in [-0.2, 0) is 9.16 Å². The van der Waals surface area contributed by atoms with Gasteiger partial charge in [-0.15, -0.1) is 0 Å². The third-order valence-electron chi connectivity index (χ3n) is 5.74. The number of hydrogen-bond acceptors (Lipinski definition) is 3. The molecule has 0 saturated carbocycles. The normalized spacial score (nSPS) is 21.5. The lowest BCUT2D eigenvalue weighted by molar-refractivity contribution is 0.133. The van der Waals surface area contributed by atoms with Crippen molar-refractivity contribution < 1.29 is 13.9 Å². The van der Waals surface area contributed by atoms with Crippen LogP contribution in [0, 0.1) is 5.92 Å².